The van der Waals surface area contributed by atoms with E-state index < -0.39 is 0 Å². The van der Waals surface area contributed by atoms with Gasteiger partial charge in [-0.05, 0) is 210 Å². The topological polar surface area (TPSA) is 28.7 Å². The van der Waals surface area contributed by atoms with Crippen LogP contribution in [-0.4, -0.2) is 120 Å². The average molecular weight is 1320 g/mol. The van der Waals surface area contributed by atoms with Crippen molar-refractivity contribution in [3.05, 3.63) is 212 Å². The van der Waals surface area contributed by atoms with E-state index in [1.54, 1.807) is 0 Å². The Morgan fingerprint density at radius 1 is 0.292 bits per heavy atom. The molecule has 6 aromatic rings. The highest BCUT2D eigenvalue weighted by Crippen LogP contribution is 2.24. The molecule has 7 heteroatoms. The van der Waals surface area contributed by atoms with Gasteiger partial charge in [-0.2, -0.15) is 0 Å². The molecule has 12 rings (SSSR count). The SMILES string of the molecule is C.C.C.C.C.C.C.CCC1CCCCN1Cc1ccc(C)cc1.Cc1ccc(CN2CCC(C)CC2)cc1.Cc1ccc(CN2CCCC(C)C2)cc1.Cc1ccc(CN2CCCCC2)cc1.Cc1ccc(CN2CCCCC2C)cc1.Cc1ccc(CN2CCOCC2)cc1. The number of rotatable bonds is 13. The van der Waals surface area contributed by atoms with Gasteiger partial charge in [-0.3, -0.25) is 29.4 Å². The van der Waals surface area contributed by atoms with Crippen molar-refractivity contribution in [2.24, 2.45) is 11.8 Å². The number of nitrogens with zero attached hydrogens (tertiary/aromatic N) is 6. The van der Waals surface area contributed by atoms with Gasteiger partial charge in [0.2, 0.25) is 0 Å². The van der Waals surface area contributed by atoms with Crippen LogP contribution < -0.4 is 0 Å². The van der Waals surface area contributed by atoms with Crippen LogP contribution in [0.15, 0.2) is 146 Å². The van der Waals surface area contributed by atoms with Crippen LogP contribution in [0.3, 0.4) is 0 Å². The summed E-state index contributed by atoms with van der Waals surface area (Å²) in [4.78, 5) is 15.4. The highest BCUT2D eigenvalue weighted by atomic mass is 16.5. The Balaban J connectivity index is 0.00000111. The fraction of sp³-hybridized carbons (Fsp3) is 0.596. The van der Waals surface area contributed by atoms with Gasteiger partial charge in [0.25, 0.3) is 0 Å². The number of hydrogen-bond acceptors (Lipinski definition) is 7. The van der Waals surface area contributed by atoms with Gasteiger partial charge in [-0.15, -0.1) is 0 Å². The minimum Gasteiger partial charge on any atom is -0.379 e. The molecule has 0 N–H and O–H groups in total. The van der Waals surface area contributed by atoms with E-state index in [0.29, 0.717) is 0 Å². The average Bonchev–Trinajstić information content (AvgIpc) is 1.24. The van der Waals surface area contributed by atoms with E-state index in [1.807, 2.05) is 0 Å². The van der Waals surface area contributed by atoms with Gasteiger partial charge in [0.05, 0.1) is 13.2 Å². The number of hydrogen-bond donors (Lipinski definition) is 0. The summed E-state index contributed by atoms with van der Waals surface area (Å²) in [5.74, 6) is 1.81. The molecule has 6 aliphatic rings. The molecule has 0 aromatic heterocycles. The van der Waals surface area contributed by atoms with Crippen molar-refractivity contribution in [2.45, 2.75) is 262 Å². The molecule has 6 fully saturated rings. The monoisotopic (exact) mass is 1320 g/mol. The number of likely N-dealkylation sites (tertiary alicyclic amines) is 5. The zero-order valence-corrected chi connectivity index (χ0v) is 57.9. The molecule has 0 spiro atoms. The molecule has 6 aromatic carbocycles. The molecule has 3 unspecified atom stereocenters. The minimum absolute atomic E-state index is 0. The lowest BCUT2D eigenvalue weighted by Crippen LogP contribution is -2.38. The van der Waals surface area contributed by atoms with Crippen molar-refractivity contribution < 1.29 is 4.74 Å². The maximum Gasteiger partial charge on any atom is 0.0594 e. The van der Waals surface area contributed by atoms with Crippen LogP contribution in [0.1, 0.15) is 236 Å². The second-order valence-electron chi connectivity index (χ2n) is 27.9. The smallest absolute Gasteiger partial charge is 0.0594 e. The molecule has 96 heavy (non-hydrogen) atoms. The summed E-state index contributed by atoms with van der Waals surface area (Å²) in [5, 5.41) is 0. The van der Waals surface area contributed by atoms with Crippen molar-refractivity contribution in [2.75, 3.05) is 78.7 Å². The van der Waals surface area contributed by atoms with Crippen LogP contribution >= 0.6 is 0 Å². The van der Waals surface area contributed by atoms with Gasteiger partial charge in [-0.1, -0.05) is 271 Å². The third kappa shape index (κ3) is 35.7. The standard InChI is InChI=1S/C15H23N.3C14H21N.C13H19N.C12H17NO.7CH4/c1-3-15-6-4-5-11-16(15)12-14-9-7-13(2)8-10-14;1-12-3-5-14(6-4-12)11-15-9-7-13(2)8-10-15;1-12-5-7-14(8-6-12)11-15-9-3-4-13(2)10-15;1-12-6-8-14(9-7-12)11-15-10-4-3-5-13(15)2;1-12-5-7-13(8-6-12)11-14-9-3-2-4-10-14;1-11-2-4-12(5-3-11)10-13-6-8-14-9-7-13;;;;;;;/h7-10,15H,3-6,11-12H2,1-2H3;3-6,13H,7-11H2,1-2H3;5-8,13H,3-4,9-11H2,1-2H3;6-9,13H,3-5,10-11H2,1-2H3;5-8H,2-4,9-11H2,1H3;2-5H,6-10H2,1H3;7*1H4. The van der Waals surface area contributed by atoms with Crippen LogP contribution in [0.2, 0.25) is 0 Å². The first-order valence-corrected chi connectivity index (χ1v) is 35.5. The summed E-state index contributed by atoms with van der Waals surface area (Å²) >= 11 is 0. The summed E-state index contributed by atoms with van der Waals surface area (Å²) in [6.07, 6.45) is 19.3. The molecule has 0 bridgehead atoms. The first-order valence-electron chi connectivity index (χ1n) is 35.5. The fourth-order valence-electron chi connectivity index (χ4n) is 13.3. The molecular formula is C89H150N6O. The lowest BCUT2D eigenvalue weighted by molar-refractivity contribution is 0.0342. The van der Waals surface area contributed by atoms with E-state index in [0.717, 1.165) is 89.5 Å². The van der Waals surface area contributed by atoms with Crippen molar-refractivity contribution in [3.8, 4) is 0 Å². The van der Waals surface area contributed by atoms with Gasteiger partial charge in [0, 0.05) is 71.0 Å². The lowest BCUT2D eigenvalue weighted by Gasteiger charge is -2.35. The van der Waals surface area contributed by atoms with Crippen LogP contribution in [0.25, 0.3) is 0 Å². The maximum atomic E-state index is 5.31. The summed E-state index contributed by atoms with van der Waals surface area (Å²) in [7, 11) is 0. The largest absolute Gasteiger partial charge is 0.379 e. The maximum absolute atomic E-state index is 5.31. The lowest BCUT2D eigenvalue weighted by atomic mass is 9.99. The zero-order chi connectivity index (χ0) is 63.0. The number of piperidine rings is 5. The number of benzene rings is 6. The van der Waals surface area contributed by atoms with Crippen LogP contribution in [-0.2, 0) is 44.0 Å². The highest BCUT2D eigenvalue weighted by molar-refractivity contribution is 5.25. The van der Waals surface area contributed by atoms with E-state index >= 15 is 0 Å². The second-order valence-corrected chi connectivity index (χ2v) is 27.9. The molecule has 3 atom stereocenters. The molecule has 6 aliphatic heterocycles. The second kappa shape index (κ2) is 51.2. The summed E-state index contributed by atoms with van der Waals surface area (Å²) in [5.41, 5.74) is 16.8. The number of aryl methyl sites for hydroxylation is 6. The Morgan fingerprint density at radius 3 is 0.979 bits per heavy atom. The Hall–Kier alpha value is -4.96. The normalized spacial score (nSPS) is 19.2. The quantitative estimate of drug-likeness (QED) is 0.114. The minimum atomic E-state index is 0. The van der Waals surface area contributed by atoms with E-state index in [2.05, 4.69) is 244 Å². The fourth-order valence-corrected chi connectivity index (χ4v) is 13.3. The van der Waals surface area contributed by atoms with Gasteiger partial charge in [0.15, 0.2) is 0 Å². The summed E-state index contributed by atoms with van der Waals surface area (Å²) in [6.45, 7) is 43.1. The number of ether oxygens (including phenoxy) is 1. The van der Waals surface area contributed by atoms with Gasteiger partial charge >= 0.3 is 0 Å². The Kier molecular flexibility index (Phi) is 48.6. The first kappa shape index (κ1) is 91.0. The number of morpholine rings is 1. The Morgan fingerprint density at radius 2 is 0.604 bits per heavy atom. The summed E-state index contributed by atoms with van der Waals surface area (Å²) < 4.78 is 5.31. The third-order valence-corrected chi connectivity index (χ3v) is 19.5. The van der Waals surface area contributed by atoms with E-state index in [-0.39, 0.29) is 52.0 Å². The van der Waals surface area contributed by atoms with Gasteiger partial charge in [-0.25, -0.2) is 0 Å². The molecule has 7 nitrogen and oxygen atoms in total. The van der Waals surface area contributed by atoms with E-state index in [9.17, 15) is 0 Å². The third-order valence-electron chi connectivity index (χ3n) is 19.5. The van der Waals surface area contributed by atoms with Crippen molar-refractivity contribution in [1.29, 1.82) is 0 Å². The molecule has 0 radical (unpaired) electrons. The molecule has 0 saturated carbocycles. The highest BCUT2D eigenvalue weighted by Gasteiger charge is 2.22. The molecule has 0 amide bonds. The Labute approximate surface area is 596 Å². The van der Waals surface area contributed by atoms with Gasteiger partial charge in [0.1, 0.15) is 0 Å². The van der Waals surface area contributed by atoms with Crippen LogP contribution in [0.4, 0.5) is 0 Å². The zero-order valence-electron chi connectivity index (χ0n) is 57.9. The van der Waals surface area contributed by atoms with E-state index in [4.69, 9.17) is 4.74 Å². The Bertz CT molecular complexity index is 2700. The van der Waals surface area contributed by atoms with Crippen LogP contribution in [0, 0.1) is 53.4 Å². The van der Waals surface area contributed by atoms with Crippen molar-refractivity contribution in [3.63, 3.8) is 0 Å². The van der Waals surface area contributed by atoms with Crippen molar-refractivity contribution in [1.82, 2.24) is 29.4 Å². The van der Waals surface area contributed by atoms with E-state index in [1.165, 1.54) is 209 Å². The van der Waals surface area contributed by atoms with Crippen molar-refractivity contribution >= 4 is 0 Å². The van der Waals surface area contributed by atoms with Gasteiger partial charge < -0.3 is 4.74 Å². The van der Waals surface area contributed by atoms with Crippen LogP contribution in [0.5, 0.6) is 0 Å². The first-order chi connectivity index (χ1) is 43.2. The summed E-state index contributed by atoms with van der Waals surface area (Å²) in [6, 6.07) is 55.1. The molecule has 0 aliphatic carbocycles. The predicted octanol–water partition coefficient (Wildman–Crippen LogP) is 22.8. The molecule has 6 heterocycles. The molecule has 6 saturated heterocycles. The predicted molar refractivity (Wildman–Crippen MR) is 429 cm³/mol. The molecule has 542 valence electrons. The molecular weight excluding hydrogens is 1170 g/mol.